The molecule has 1 rings (SSSR count). The number of nitrogens with one attached hydrogen (secondary N) is 1. The summed E-state index contributed by atoms with van der Waals surface area (Å²) >= 11 is 0. The molecule has 1 heterocycles. The zero-order valence-electron chi connectivity index (χ0n) is 10.6. The number of hydrogen-bond acceptors (Lipinski definition) is 4. The predicted octanol–water partition coefficient (Wildman–Crippen LogP) is -0.101. The summed E-state index contributed by atoms with van der Waals surface area (Å²) in [5.41, 5.74) is 3.86. The summed E-state index contributed by atoms with van der Waals surface area (Å²) in [7, 11) is 0. The van der Waals surface area contributed by atoms with E-state index >= 15 is 0 Å². The molecule has 1 aliphatic heterocycles. The van der Waals surface area contributed by atoms with E-state index in [2.05, 4.69) is 0 Å². The van der Waals surface area contributed by atoms with E-state index in [1.807, 2.05) is 5.32 Å². The number of nitrogens with zero attached hydrogens (tertiary/aromatic N) is 1. The van der Waals surface area contributed by atoms with Crippen molar-refractivity contribution in [3.63, 3.8) is 0 Å². The fraction of sp³-hybridized carbons (Fsp3) is 0.727. The Morgan fingerprint density at radius 3 is 2.56 bits per heavy atom. The molecule has 0 saturated carbocycles. The lowest BCUT2D eigenvalue weighted by Crippen LogP contribution is -2.58. The Morgan fingerprint density at radius 1 is 1.50 bits per heavy atom. The van der Waals surface area contributed by atoms with Crippen LogP contribution in [0.15, 0.2) is 0 Å². The third kappa shape index (κ3) is 2.45. The lowest BCUT2D eigenvalue weighted by atomic mass is 9.92. The van der Waals surface area contributed by atoms with E-state index in [0.717, 1.165) is 0 Å². The normalized spacial score (nSPS) is 25.7. The van der Waals surface area contributed by atoms with Crippen molar-refractivity contribution >= 4 is 17.9 Å². The van der Waals surface area contributed by atoms with Crippen molar-refractivity contribution in [1.29, 1.82) is 0 Å². The Morgan fingerprint density at radius 2 is 2.11 bits per heavy atom. The monoisotopic (exact) mass is 257 g/mol. The molecule has 1 aliphatic rings. The lowest BCUT2D eigenvalue weighted by Gasteiger charge is -2.37. The van der Waals surface area contributed by atoms with Gasteiger partial charge in [0.15, 0.2) is 0 Å². The SMILES string of the molecule is CCC1(C(=O)O)CCCN1C(C)C(=O)NC(N)=O. The second-order valence-corrected chi connectivity index (χ2v) is 4.52. The van der Waals surface area contributed by atoms with E-state index < -0.39 is 29.5 Å². The number of nitrogens with two attached hydrogens (primary N) is 1. The molecular weight excluding hydrogens is 238 g/mol. The number of aliphatic carboxylic acids is 1. The number of urea groups is 1. The van der Waals surface area contributed by atoms with E-state index in [1.54, 1.807) is 18.7 Å². The van der Waals surface area contributed by atoms with Gasteiger partial charge >= 0.3 is 12.0 Å². The van der Waals surface area contributed by atoms with Gasteiger partial charge in [-0.3, -0.25) is 19.8 Å². The van der Waals surface area contributed by atoms with Crippen molar-refractivity contribution in [2.45, 2.75) is 44.7 Å². The van der Waals surface area contributed by atoms with E-state index in [1.165, 1.54) is 0 Å². The van der Waals surface area contributed by atoms with Gasteiger partial charge in [-0.05, 0) is 26.2 Å². The van der Waals surface area contributed by atoms with E-state index in [9.17, 15) is 19.5 Å². The summed E-state index contributed by atoms with van der Waals surface area (Å²) in [6.45, 7) is 3.88. The fourth-order valence-electron chi connectivity index (χ4n) is 2.59. The number of likely N-dealkylation sites (tertiary alicyclic amines) is 1. The number of carbonyl (C=O) groups excluding carboxylic acids is 2. The van der Waals surface area contributed by atoms with Crippen LogP contribution in [0.1, 0.15) is 33.1 Å². The smallest absolute Gasteiger partial charge is 0.324 e. The zero-order valence-corrected chi connectivity index (χ0v) is 10.6. The second-order valence-electron chi connectivity index (χ2n) is 4.52. The van der Waals surface area contributed by atoms with Crippen LogP contribution in [-0.2, 0) is 9.59 Å². The molecule has 3 amide bonds. The van der Waals surface area contributed by atoms with Crippen LogP contribution in [0.5, 0.6) is 0 Å². The van der Waals surface area contributed by atoms with Crippen molar-refractivity contribution in [3.8, 4) is 0 Å². The molecule has 0 radical (unpaired) electrons. The van der Waals surface area contributed by atoms with E-state index in [0.29, 0.717) is 25.8 Å². The molecule has 4 N–H and O–H groups in total. The minimum atomic E-state index is -1.02. The third-order valence-corrected chi connectivity index (χ3v) is 3.62. The van der Waals surface area contributed by atoms with Gasteiger partial charge < -0.3 is 10.8 Å². The molecule has 1 saturated heterocycles. The molecule has 0 aromatic heterocycles. The number of hydrogen-bond donors (Lipinski definition) is 3. The molecule has 1 fully saturated rings. The highest BCUT2D eigenvalue weighted by Crippen LogP contribution is 2.34. The fourth-order valence-corrected chi connectivity index (χ4v) is 2.59. The minimum absolute atomic E-state index is 0.413. The number of imide groups is 1. The zero-order chi connectivity index (χ0) is 13.9. The summed E-state index contributed by atoms with van der Waals surface area (Å²) in [5.74, 6) is -1.50. The number of primary amides is 1. The van der Waals surface area contributed by atoms with Crippen LogP contribution < -0.4 is 11.1 Å². The summed E-state index contributed by atoms with van der Waals surface area (Å²) in [4.78, 5) is 35.5. The first kappa shape index (κ1) is 14.4. The Labute approximate surface area is 105 Å². The van der Waals surface area contributed by atoms with Gasteiger partial charge in [0.1, 0.15) is 5.54 Å². The Bertz CT molecular complexity index is 371. The largest absolute Gasteiger partial charge is 0.480 e. The van der Waals surface area contributed by atoms with Crippen molar-refractivity contribution < 1.29 is 19.5 Å². The summed E-state index contributed by atoms with van der Waals surface area (Å²) < 4.78 is 0. The van der Waals surface area contributed by atoms with Crippen LogP contribution in [-0.4, -0.2) is 46.0 Å². The van der Waals surface area contributed by atoms with Gasteiger partial charge in [0, 0.05) is 6.54 Å². The number of carbonyl (C=O) groups is 3. The third-order valence-electron chi connectivity index (χ3n) is 3.62. The van der Waals surface area contributed by atoms with Crippen molar-refractivity contribution in [2.24, 2.45) is 5.73 Å². The van der Waals surface area contributed by atoms with Crippen molar-refractivity contribution in [1.82, 2.24) is 10.2 Å². The van der Waals surface area contributed by atoms with Gasteiger partial charge in [0.25, 0.3) is 0 Å². The van der Waals surface area contributed by atoms with Crippen LogP contribution >= 0.6 is 0 Å². The van der Waals surface area contributed by atoms with Gasteiger partial charge in [-0.25, -0.2) is 4.79 Å². The molecule has 0 aromatic carbocycles. The highest BCUT2D eigenvalue weighted by Gasteiger charge is 2.49. The maximum atomic E-state index is 11.7. The molecule has 0 spiro atoms. The maximum absolute atomic E-state index is 11.7. The highest BCUT2D eigenvalue weighted by molar-refractivity contribution is 5.96. The molecule has 0 aromatic rings. The van der Waals surface area contributed by atoms with Crippen LogP contribution in [0, 0.1) is 0 Å². The van der Waals surface area contributed by atoms with Gasteiger partial charge in [0.2, 0.25) is 5.91 Å². The van der Waals surface area contributed by atoms with Gasteiger partial charge in [-0.2, -0.15) is 0 Å². The van der Waals surface area contributed by atoms with Gasteiger partial charge in [-0.15, -0.1) is 0 Å². The average molecular weight is 257 g/mol. The predicted molar refractivity (Wildman–Crippen MR) is 63.8 cm³/mol. The molecule has 7 nitrogen and oxygen atoms in total. The van der Waals surface area contributed by atoms with E-state index in [-0.39, 0.29) is 0 Å². The van der Waals surface area contributed by atoms with Crippen LogP contribution in [0.4, 0.5) is 4.79 Å². The van der Waals surface area contributed by atoms with Crippen LogP contribution in [0.2, 0.25) is 0 Å². The molecule has 102 valence electrons. The summed E-state index contributed by atoms with van der Waals surface area (Å²) in [5, 5.41) is 11.4. The molecule has 2 atom stereocenters. The van der Waals surface area contributed by atoms with Crippen LogP contribution in [0.25, 0.3) is 0 Å². The molecule has 7 heteroatoms. The van der Waals surface area contributed by atoms with Crippen LogP contribution in [0.3, 0.4) is 0 Å². The van der Waals surface area contributed by atoms with Crippen molar-refractivity contribution in [3.05, 3.63) is 0 Å². The van der Waals surface area contributed by atoms with Crippen molar-refractivity contribution in [2.75, 3.05) is 6.54 Å². The number of carboxylic acids is 1. The first-order chi connectivity index (χ1) is 8.35. The number of rotatable bonds is 4. The molecular formula is C11H19N3O4. The molecule has 0 aliphatic carbocycles. The second kappa shape index (κ2) is 5.34. The first-order valence-corrected chi connectivity index (χ1v) is 5.95. The highest BCUT2D eigenvalue weighted by atomic mass is 16.4. The molecule has 18 heavy (non-hydrogen) atoms. The quantitative estimate of drug-likeness (QED) is 0.651. The molecule has 2 unspecified atom stereocenters. The minimum Gasteiger partial charge on any atom is -0.480 e. The Hall–Kier alpha value is -1.63. The average Bonchev–Trinajstić information content (AvgIpc) is 2.71. The lowest BCUT2D eigenvalue weighted by molar-refractivity contribution is -0.152. The first-order valence-electron chi connectivity index (χ1n) is 5.95. The Kier molecular flexibility index (Phi) is 4.28. The number of amides is 3. The topological polar surface area (TPSA) is 113 Å². The summed E-state index contributed by atoms with van der Waals surface area (Å²) in [6.07, 6.45) is 1.64. The summed E-state index contributed by atoms with van der Waals surface area (Å²) in [6, 6.07) is -1.63. The maximum Gasteiger partial charge on any atom is 0.324 e. The molecule has 0 bridgehead atoms. The van der Waals surface area contributed by atoms with E-state index in [4.69, 9.17) is 5.73 Å². The number of carboxylic acid groups (broad SMARTS) is 1. The standard InChI is InChI=1S/C11H19N3O4/c1-3-11(9(16)17)5-4-6-14(11)7(2)8(15)13-10(12)18/h7H,3-6H2,1-2H3,(H,16,17)(H3,12,13,15,18). The van der Waals surface area contributed by atoms with Gasteiger partial charge in [0.05, 0.1) is 6.04 Å². The van der Waals surface area contributed by atoms with Gasteiger partial charge in [-0.1, -0.05) is 6.92 Å². The Balaban J connectivity index is 2.90.